The quantitative estimate of drug-likeness (QED) is 0.744. The summed E-state index contributed by atoms with van der Waals surface area (Å²) < 4.78 is 19.1. The summed E-state index contributed by atoms with van der Waals surface area (Å²) in [6, 6.07) is 1.29. The zero-order chi connectivity index (χ0) is 19.6. The molecule has 0 spiro atoms. The van der Waals surface area contributed by atoms with Gasteiger partial charge in [-0.1, -0.05) is 6.42 Å². The van der Waals surface area contributed by atoms with Crippen molar-refractivity contribution in [1.82, 2.24) is 9.55 Å². The fourth-order valence-corrected chi connectivity index (χ4v) is 4.27. The smallest absolute Gasteiger partial charge is 0.338 e. The molecule has 1 aliphatic heterocycles. The Morgan fingerprint density at radius 1 is 1.14 bits per heavy atom. The highest BCUT2D eigenvalue weighted by molar-refractivity contribution is 5.79. The van der Waals surface area contributed by atoms with Crippen LogP contribution in [0.4, 0.5) is 0 Å². The van der Waals surface area contributed by atoms with Gasteiger partial charge in [0.1, 0.15) is 12.8 Å². The van der Waals surface area contributed by atoms with Crippen molar-refractivity contribution in [3.63, 3.8) is 0 Å². The summed E-state index contributed by atoms with van der Waals surface area (Å²) in [5, 5.41) is 0. The van der Waals surface area contributed by atoms with Gasteiger partial charge in [0.05, 0.1) is 12.2 Å². The summed E-state index contributed by atoms with van der Waals surface area (Å²) in [4.78, 5) is 38.2. The van der Waals surface area contributed by atoms with Crippen molar-refractivity contribution in [2.24, 2.45) is 0 Å². The molecular formula is C20H28N2O6. The maximum absolute atomic E-state index is 12.9. The van der Waals surface area contributed by atoms with Crippen molar-refractivity contribution >= 4 is 5.97 Å². The van der Waals surface area contributed by atoms with Crippen LogP contribution in [0.25, 0.3) is 0 Å². The average molecular weight is 392 g/mol. The molecule has 2 atom stereocenters. The first-order chi connectivity index (χ1) is 13.6. The molecule has 154 valence electrons. The third-order valence-corrected chi connectivity index (χ3v) is 6.12. The maximum Gasteiger partial charge on any atom is 0.338 e. The number of nitrogens with one attached hydrogen (secondary N) is 1. The van der Waals surface area contributed by atoms with Gasteiger partial charge in [0.15, 0.2) is 5.60 Å². The Balaban J connectivity index is 1.33. The molecule has 0 aromatic carbocycles. The van der Waals surface area contributed by atoms with Crippen molar-refractivity contribution in [3.8, 4) is 0 Å². The number of esters is 1. The topological polar surface area (TPSA) is 99.6 Å². The summed E-state index contributed by atoms with van der Waals surface area (Å²) in [5.74, 6) is -0.271. The van der Waals surface area contributed by atoms with Crippen LogP contribution in [-0.2, 0) is 19.0 Å². The van der Waals surface area contributed by atoms with Crippen LogP contribution >= 0.6 is 0 Å². The number of carbonyl (C=O) groups is 1. The lowest BCUT2D eigenvalue weighted by molar-refractivity contribution is -0.196. The largest absolute Gasteiger partial charge is 0.461 e. The van der Waals surface area contributed by atoms with Crippen molar-refractivity contribution in [1.29, 1.82) is 0 Å². The number of aromatic nitrogens is 2. The van der Waals surface area contributed by atoms with E-state index in [-0.39, 0.29) is 24.8 Å². The van der Waals surface area contributed by atoms with Gasteiger partial charge in [0.25, 0.3) is 5.56 Å². The van der Waals surface area contributed by atoms with Gasteiger partial charge in [0.2, 0.25) is 0 Å². The van der Waals surface area contributed by atoms with Gasteiger partial charge >= 0.3 is 11.7 Å². The van der Waals surface area contributed by atoms with E-state index in [1.54, 1.807) is 0 Å². The summed E-state index contributed by atoms with van der Waals surface area (Å²) >= 11 is 0. The first-order valence-corrected chi connectivity index (χ1v) is 10.4. The number of nitrogens with zero attached hydrogens (tertiary/aromatic N) is 1. The first-order valence-electron chi connectivity index (χ1n) is 10.4. The lowest BCUT2D eigenvalue weighted by Crippen LogP contribution is -2.49. The average Bonchev–Trinajstić information content (AvgIpc) is 3.12. The number of H-pyrrole nitrogens is 1. The van der Waals surface area contributed by atoms with E-state index in [4.69, 9.17) is 14.2 Å². The number of ether oxygens (including phenoxy) is 3. The zero-order valence-corrected chi connectivity index (χ0v) is 16.1. The minimum absolute atomic E-state index is 0.156. The van der Waals surface area contributed by atoms with E-state index in [2.05, 4.69) is 4.98 Å². The lowest BCUT2D eigenvalue weighted by Gasteiger charge is -2.40. The highest BCUT2D eigenvalue weighted by Crippen LogP contribution is 2.38. The monoisotopic (exact) mass is 392 g/mol. The van der Waals surface area contributed by atoms with E-state index in [1.165, 1.54) is 16.8 Å². The Morgan fingerprint density at radius 3 is 2.61 bits per heavy atom. The Bertz CT molecular complexity index is 805. The molecule has 2 unspecified atom stereocenters. The second kappa shape index (κ2) is 8.21. The molecule has 1 saturated heterocycles. The summed E-state index contributed by atoms with van der Waals surface area (Å²) in [6.45, 7) is 0.156. The lowest BCUT2D eigenvalue weighted by atomic mass is 9.83. The Kier molecular flexibility index (Phi) is 5.68. The molecule has 2 saturated carbocycles. The molecular weight excluding hydrogens is 364 g/mol. The number of hydrogen-bond donors (Lipinski definition) is 1. The zero-order valence-electron chi connectivity index (χ0n) is 16.1. The molecule has 0 radical (unpaired) electrons. The number of rotatable bonds is 6. The fraction of sp³-hybridized carbons (Fsp3) is 0.750. The Hall–Kier alpha value is -1.93. The molecule has 3 fully saturated rings. The molecule has 1 aromatic rings. The minimum atomic E-state index is -0.794. The third-order valence-electron chi connectivity index (χ3n) is 6.12. The van der Waals surface area contributed by atoms with Crippen LogP contribution in [0.5, 0.6) is 0 Å². The number of carbonyl (C=O) groups excluding carboxylic acids is 1. The highest BCUT2D eigenvalue weighted by atomic mass is 16.6. The van der Waals surface area contributed by atoms with Gasteiger partial charge in [-0.05, 0) is 57.8 Å². The van der Waals surface area contributed by atoms with Gasteiger partial charge in [0, 0.05) is 12.3 Å². The van der Waals surface area contributed by atoms with Crippen LogP contribution in [-0.4, -0.2) is 39.9 Å². The molecule has 0 bridgehead atoms. The standard InChI is InChI=1S/C20H28N2O6/c23-16-9-12-22(19(25)21-16)17-8-7-15(27-17)13-26-18(24)20(10-2-1-3-11-20)28-14-5-4-6-14/h9,12,14-15,17H,1-8,10-11,13H2,(H,21,23,25). The van der Waals surface area contributed by atoms with Crippen LogP contribution < -0.4 is 11.2 Å². The van der Waals surface area contributed by atoms with E-state index in [1.807, 2.05) is 0 Å². The van der Waals surface area contributed by atoms with Crippen molar-refractivity contribution in [2.75, 3.05) is 6.61 Å². The molecule has 1 aromatic heterocycles. The van der Waals surface area contributed by atoms with Crippen molar-refractivity contribution < 1.29 is 19.0 Å². The molecule has 4 rings (SSSR count). The van der Waals surface area contributed by atoms with Crippen LogP contribution in [0.2, 0.25) is 0 Å². The van der Waals surface area contributed by atoms with Crippen molar-refractivity contribution in [2.45, 2.75) is 88.2 Å². The third kappa shape index (κ3) is 4.07. The predicted octanol–water partition coefficient (Wildman–Crippen LogP) is 2.03. The fourth-order valence-electron chi connectivity index (χ4n) is 4.27. The van der Waals surface area contributed by atoms with Crippen LogP contribution in [0.3, 0.4) is 0 Å². The minimum Gasteiger partial charge on any atom is -0.461 e. The second-order valence-electron chi connectivity index (χ2n) is 8.13. The van der Waals surface area contributed by atoms with Crippen LogP contribution in [0.15, 0.2) is 21.9 Å². The maximum atomic E-state index is 12.9. The molecule has 28 heavy (non-hydrogen) atoms. The molecule has 8 nitrogen and oxygen atoms in total. The predicted molar refractivity (Wildman–Crippen MR) is 100.0 cm³/mol. The highest BCUT2D eigenvalue weighted by Gasteiger charge is 2.45. The molecule has 2 aliphatic carbocycles. The van der Waals surface area contributed by atoms with E-state index < -0.39 is 23.1 Å². The molecule has 2 heterocycles. The van der Waals surface area contributed by atoms with Crippen LogP contribution in [0, 0.1) is 0 Å². The molecule has 0 amide bonds. The van der Waals surface area contributed by atoms with Gasteiger partial charge in [-0.25, -0.2) is 9.59 Å². The van der Waals surface area contributed by atoms with E-state index in [0.29, 0.717) is 12.8 Å². The van der Waals surface area contributed by atoms with Gasteiger partial charge in [-0.15, -0.1) is 0 Å². The normalized spacial score (nSPS) is 27.3. The van der Waals surface area contributed by atoms with E-state index >= 15 is 0 Å². The number of hydrogen-bond acceptors (Lipinski definition) is 6. The SMILES string of the molecule is O=C(OCC1CCC(n2ccc(=O)[nH]c2=O)O1)C1(OC2CCC2)CCCCC1. The van der Waals surface area contributed by atoms with E-state index in [9.17, 15) is 14.4 Å². The molecule has 8 heteroatoms. The van der Waals surface area contributed by atoms with E-state index in [0.717, 1.165) is 51.4 Å². The molecule has 3 aliphatic rings. The summed E-state index contributed by atoms with van der Waals surface area (Å²) in [7, 11) is 0. The first kappa shape index (κ1) is 19.4. The van der Waals surface area contributed by atoms with Gasteiger partial charge < -0.3 is 14.2 Å². The van der Waals surface area contributed by atoms with Gasteiger partial charge in [-0.3, -0.25) is 14.3 Å². The number of aromatic amines is 1. The molecule has 1 N–H and O–H groups in total. The second-order valence-corrected chi connectivity index (χ2v) is 8.13. The Labute approximate surface area is 163 Å². The van der Waals surface area contributed by atoms with Gasteiger partial charge in [-0.2, -0.15) is 0 Å². The van der Waals surface area contributed by atoms with Crippen molar-refractivity contribution in [3.05, 3.63) is 33.1 Å². The summed E-state index contributed by atoms with van der Waals surface area (Å²) in [5.41, 5.74) is -1.73. The Morgan fingerprint density at radius 2 is 1.93 bits per heavy atom. The summed E-state index contributed by atoms with van der Waals surface area (Å²) in [6.07, 6.45) is 9.96. The van der Waals surface area contributed by atoms with Crippen LogP contribution in [0.1, 0.15) is 70.4 Å².